The number of hydrogen-bond donors (Lipinski definition) is 0. The summed E-state index contributed by atoms with van der Waals surface area (Å²) in [6.07, 6.45) is 1.50. The first-order valence-electron chi connectivity index (χ1n) is 5.86. The molecular formula is C14H13N3O2. The van der Waals surface area contributed by atoms with Crippen molar-refractivity contribution in [2.24, 2.45) is 0 Å². The molecule has 0 fully saturated rings. The molecule has 0 radical (unpaired) electrons. The molecule has 1 aromatic carbocycles. The molecule has 96 valence electrons. The number of nitriles is 1. The molecule has 2 rings (SSSR count). The highest BCUT2D eigenvalue weighted by Gasteiger charge is 2.02. The summed E-state index contributed by atoms with van der Waals surface area (Å²) in [5.41, 5.74) is 1.07. The van der Waals surface area contributed by atoms with Crippen LogP contribution in [0.4, 0.5) is 0 Å². The van der Waals surface area contributed by atoms with Gasteiger partial charge in [-0.25, -0.2) is 4.98 Å². The third kappa shape index (κ3) is 3.19. The van der Waals surface area contributed by atoms with E-state index in [4.69, 9.17) is 10.00 Å². The van der Waals surface area contributed by atoms with Gasteiger partial charge in [0.2, 0.25) is 0 Å². The van der Waals surface area contributed by atoms with Gasteiger partial charge in [0.05, 0.1) is 18.4 Å². The zero-order chi connectivity index (χ0) is 13.7. The van der Waals surface area contributed by atoms with Crippen LogP contribution >= 0.6 is 0 Å². The Labute approximate surface area is 110 Å². The van der Waals surface area contributed by atoms with Gasteiger partial charge in [0.1, 0.15) is 18.4 Å². The molecule has 0 atom stereocenters. The first-order valence-corrected chi connectivity index (χ1v) is 5.86. The fourth-order valence-corrected chi connectivity index (χ4v) is 1.62. The maximum Gasteiger partial charge on any atom is 0.253 e. The SMILES string of the molecule is Cc1cc(=O)n(CCOc2ccccc2C#N)cn1. The van der Waals surface area contributed by atoms with E-state index in [2.05, 4.69) is 11.1 Å². The second-order valence-electron chi connectivity index (χ2n) is 4.02. The Morgan fingerprint density at radius 1 is 1.42 bits per heavy atom. The third-order valence-electron chi connectivity index (χ3n) is 2.61. The first-order chi connectivity index (χ1) is 9.20. The molecule has 1 aromatic heterocycles. The quantitative estimate of drug-likeness (QED) is 0.830. The number of ether oxygens (including phenoxy) is 1. The zero-order valence-corrected chi connectivity index (χ0v) is 10.5. The van der Waals surface area contributed by atoms with Gasteiger partial charge in [-0.1, -0.05) is 12.1 Å². The van der Waals surface area contributed by atoms with Crippen LogP contribution in [-0.4, -0.2) is 16.2 Å². The average molecular weight is 255 g/mol. The molecule has 0 N–H and O–H groups in total. The molecular weight excluding hydrogens is 242 g/mol. The van der Waals surface area contributed by atoms with Crippen LogP contribution in [-0.2, 0) is 6.54 Å². The van der Waals surface area contributed by atoms with Crippen LogP contribution in [0.1, 0.15) is 11.3 Å². The molecule has 19 heavy (non-hydrogen) atoms. The lowest BCUT2D eigenvalue weighted by Gasteiger charge is -2.08. The summed E-state index contributed by atoms with van der Waals surface area (Å²) in [6.45, 7) is 2.47. The van der Waals surface area contributed by atoms with E-state index in [0.717, 1.165) is 0 Å². The Morgan fingerprint density at radius 3 is 2.95 bits per heavy atom. The van der Waals surface area contributed by atoms with Crippen LogP contribution < -0.4 is 10.3 Å². The monoisotopic (exact) mass is 255 g/mol. The van der Waals surface area contributed by atoms with E-state index in [9.17, 15) is 4.79 Å². The minimum Gasteiger partial charge on any atom is -0.490 e. The second kappa shape index (κ2) is 5.83. The molecule has 5 nitrogen and oxygen atoms in total. The molecule has 1 heterocycles. The van der Waals surface area contributed by atoms with Crippen molar-refractivity contribution in [2.75, 3.05) is 6.61 Å². The fourth-order valence-electron chi connectivity index (χ4n) is 1.62. The van der Waals surface area contributed by atoms with Crippen molar-refractivity contribution in [3.05, 3.63) is 58.3 Å². The molecule has 5 heteroatoms. The Kier molecular flexibility index (Phi) is 3.94. The van der Waals surface area contributed by atoms with Crippen molar-refractivity contribution >= 4 is 0 Å². The summed E-state index contributed by atoms with van der Waals surface area (Å²) in [7, 11) is 0. The van der Waals surface area contributed by atoms with Gasteiger partial charge in [-0.3, -0.25) is 9.36 Å². The minimum atomic E-state index is -0.107. The lowest BCUT2D eigenvalue weighted by atomic mass is 10.2. The molecule has 0 aliphatic rings. The standard InChI is InChI=1S/C14H13N3O2/c1-11-8-14(18)17(10-16-11)6-7-19-13-5-3-2-4-12(13)9-15/h2-5,8,10H,6-7H2,1H3. The topological polar surface area (TPSA) is 67.9 Å². The van der Waals surface area contributed by atoms with Gasteiger partial charge in [-0.05, 0) is 19.1 Å². The lowest BCUT2D eigenvalue weighted by molar-refractivity contribution is 0.294. The predicted octanol–water partition coefficient (Wildman–Crippen LogP) is 1.50. The van der Waals surface area contributed by atoms with Crippen LogP contribution in [0.3, 0.4) is 0 Å². The van der Waals surface area contributed by atoms with Crippen molar-refractivity contribution in [2.45, 2.75) is 13.5 Å². The zero-order valence-electron chi connectivity index (χ0n) is 10.5. The van der Waals surface area contributed by atoms with Gasteiger partial charge in [0.15, 0.2) is 0 Å². The Balaban J connectivity index is 2.01. The normalized spacial score (nSPS) is 9.89. The minimum absolute atomic E-state index is 0.107. The maximum absolute atomic E-state index is 11.6. The number of aryl methyl sites for hydroxylation is 1. The highest BCUT2D eigenvalue weighted by atomic mass is 16.5. The summed E-state index contributed by atoms with van der Waals surface area (Å²) in [4.78, 5) is 15.7. The summed E-state index contributed by atoms with van der Waals surface area (Å²) in [5.74, 6) is 0.526. The number of para-hydroxylation sites is 1. The van der Waals surface area contributed by atoms with Gasteiger partial charge in [0.25, 0.3) is 5.56 Å². The van der Waals surface area contributed by atoms with E-state index >= 15 is 0 Å². The van der Waals surface area contributed by atoms with E-state index in [0.29, 0.717) is 30.2 Å². The highest BCUT2D eigenvalue weighted by Crippen LogP contribution is 2.16. The first kappa shape index (κ1) is 12.8. The van der Waals surface area contributed by atoms with Gasteiger partial charge in [0, 0.05) is 11.8 Å². The van der Waals surface area contributed by atoms with E-state index in [1.807, 2.05) is 0 Å². The smallest absolute Gasteiger partial charge is 0.253 e. The molecule has 0 aliphatic heterocycles. The Morgan fingerprint density at radius 2 is 2.21 bits per heavy atom. The van der Waals surface area contributed by atoms with E-state index < -0.39 is 0 Å². The molecule has 0 aliphatic carbocycles. The van der Waals surface area contributed by atoms with Gasteiger partial charge in [-0.15, -0.1) is 0 Å². The van der Waals surface area contributed by atoms with E-state index in [-0.39, 0.29) is 5.56 Å². The highest BCUT2D eigenvalue weighted by molar-refractivity contribution is 5.42. The molecule has 0 saturated heterocycles. The van der Waals surface area contributed by atoms with Gasteiger partial charge in [-0.2, -0.15) is 5.26 Å². The summed E-state index contributed by atoms with van der Waals surface area (Å²) in [6, 6.07) is 10.5. The fraction of sp³-hybridized carbons (Fsp3) is 0.214. The molecule has 0 saturated carbocycles. The van der Waals surface area contributed by atoms with E-state index in [1.165, 1.54) is 17.0 Å². The van der Waals surface area contributed by atoms with E-state index in [1.54, 1.807) is 31.2 Å². The maximum atomic E-state index is 11.6. The van der Waals surface area contributed by atoms with Crippen molar-refractivity contribution in [1.82, 2.24) is 9.55 Å². The van der Waals surface area contributed by atoms with Crippen molar-refractivity contribution in [3.63, 3.8) is 0 Å². The number of rotatable bonds is 4. The third-order valence-corrected chi connectivity index (χ3v) is 2.61. The van der Waals surface area contributed by atoms with Crippen molar-refractivity contribution < 1.29 is 4.74 Å². The van der Waals surface area contributed by atoms with Crippen LogP contribution in [0.15, 0.2) is 41.5 Å². The second-order valence-corrected chi connectivity index (χ2v) is 4.02. The molecule has 0 unspecified atom stereocenters. The average Bonchev–Trinajstić information content (AvgIpc) is 2.42. The summed E-state index contributed by atoms with van der Waals surface area (Å²) in [5, 5.41) is 8.91. The number of nitrogens with zero attached hydrogens (tertiary/aromatic N) is 3. The Bertz CT molecular complexity index is 671. The summed E-state index contributed by atoms with van der Waals surface area (Å²) < 4.78 is 6.98. The molecule has 0 amide bonds. The van der Waals surface area contributed by atoms with Crippen LogP contribution in [0.25, 0.3) is 0 Å². The van der Waals surface area contributed by atoms with Gasteiger partial charge >= 0.3 is 0 Å². The molecule has 0 bridgehead atoms. The number of aromatic nitrogens is 2. The lowest BCUT2D eigenvalue weighted by Crippen LogP contribution is -2.23. The van der Waals surface area contributed by atoms with Gasteiger partial charge < -0.3 is 4.74 Å². The summed E-state index contributed by atoms with van der Waals surface area (Å²) >= 11 is 0. The van der Waals surface area contributed by atoms with Crippen molar-refractivity contribution in [3.8, 4) is 11.8 Å². The number of benzene rings is 1. The Hall–Kier alpha value is -2.61. The van der Waals surface area contributed by atoms with Crippen LogP contribution in [0.5, 0.6) is 5.75 Å². The molecule has 0 spiro atoms. The number of hydrogen-bond acceptors (Lipinski definition) is 4. The largest absolute Gasteiger partial charge is 0.490 e. The van der Waals surface area contributed by atoms with Crippen LogP contribution in [0.2, 0.25) is 0 Å². The predicted molar refractivity (Wildman–Crippen MR) is 69.9 cm³/mol. The molecule has 2 aromatic rings. The van der Waals surface area contributed by atoms with Crippen molar-refractivity contribution in [1.29, 1.82) is 5.26 Å². The van der Waals surface area contributed by atoms with Crippen LogP contribution in [0, 0.1) is 18.3 Å².